The molecule has 7 heteroatoms. The number of hydrogen-bond acceptors (Lipinski definition) is 5. The van der Waals surface area contributed by atoms with E-state index in [9.17, 15) is 13.2 Å². The van der Waals surface area contributed by atoms with Crippen molar-refractivity contribution in [2.24, 2.45) is 0 Å². The predicted molar refractivity (Wildman–Crippen MR) is 112 cm³/mol. The maximum absolute atomic E-state index is 12.7. The Morgan fingerprint density at radius 2 is 1.69 bits per heavy atom. The highest BCUT2D eigenvalue weighted by Crippen LogP contribution is 2.23. The molecule has 4 rings (SSSR count). The molecule has 0 saturated carbocycles. The highest BCUT2D eigenvalue weighted by Gasteiger charge is 2.42. The molecule has 2 heterocycles. The maximum atomic E-state index is 12.7. The average Bonchev–Trinajstić information content (AvgIpc) is 3.35. The second kappa shape index (κ2) is 8.55. The third kappa shape index (κ3) is 4.97. The third-order valence-corrected chi connectivity index (χ3v) is 7.33. The van der Waals surface area contributed by atoms with Gasteiger partial charge in [0, 0.05) is 11.6 Å². The first-order valence-electron chi connectivity index (χ1n) is 10.0. The molecule has 0 aromatic heterocycles. The second-order valence-corrected chi connectivity index (χ2v) is 9.92. The van der Waals surface area contributed by atoms with Crippen molar-refractivity contribution in [1.29, 1.82) is 0 Å². The van der Waals surface area contributed by atoms with Gasteiger partial charge < -0.3 is 10.1 Å². The minimum absolute atomic E-state index is 0.0168. The van der Waals surface area contributed by atoms with Crippen molar-refractivity contribution in [2.75, 3.05) is 24.6 Å². The molecule has 2 atom stereocenters. The molecule has 2 aromatic rings. The Labute approximate surface area is 171 Å². The lowest BCUT2D eigenvalue weighted by Crippen LogP contribution is -2.50. The lowest BCUT2D eigenvalue weighted by molar-refractivity contribution is 0.0918. The molecule has 6 nitrogen and oxygen atoms in total. The van der Waals surface area contributed by atoms with Crippen LogP contribution in [0.2, 0.25) is 0 Å². The number of para-hydroxylation sites is 1. The molecule has 2 saturated heterocycles. The summed E-state index contributed by atoms with van der Waals surface area (Å²) in [5.41, 5.74) is 1.49. The molecule has 0 bridgehead atoms. The zero-order valence-electron chi connectivity index (χ0n) is 16.3. The van der Waals surface area contributed by atoms with Gasteiger partial charge in [0.25, 0.3) is 5.91 Å². The fraction of sp³-hybridized carbons (Fsp3) is 0.409. The van der Waals surface area contributed by atoms with E-state index in [0.29, 0.717) is 12.2 Å². The SMILES string of the molecule is O=C(NC1CS(=O)(=O)CC1N1CCCC1)c1ccc(COc2ccccc2)cc1. The van der Waals surface area contributed by atoms with E-state index in [-0.39, 0.29) is 29.5 Å². The van der Waals surface area contributed by atoms with Crippen LogP contribution in [-0.4, -0.2) is 55.9 Å². The van der Waals surface area contributed by atoms with Crippen LogP contribution >= 0.6 is 0 Å². The van der Waals surface area contributed by atoms with Gasteiger partial charge in [0.1, 0.15) is 12.4 Å². The number of nitrogens with one attached hydrogen (secondary N) is 1. The van der Waals surface area contributed by atoms with Gasteiger partial charge in [0.15, 0.2) is 9.84 Å². The molecule has 2 aromatic carbocycles. The van der Waals surface area contributed by atoms with E-state index in [1.54, 1.807) is 12.1 Å². The van der Waals surface area contributed by atoms with Gasteiger partial charge in [0.05, 0.1) is 17.5 Å². The van der Waals surface area contributed by atoms with E-state index in [4.69, 9.17) is 4.74 Å². The normalized spacial score (nSPS) is 23.7. The van der Waals surface area contributed by atoms with Crippen molar-refractivity contribution < 1.29 is 17.9 Å². The molecule has 0 aliphatic carbocycles. The average molecular weight is 415 g/mol. The van der Waals surface area contributed by atoms with Gasteiger partial charge in [-0.15, -0.1) is 0 Å². The number of nitrogens with zero attached hydrogens (tertiary/aromatic N) is 1. The molecule has 154 valence electrons. The standard InChI is InChI=1S/C22H26N2O4S/c25-22(23-20-15-29(26,27)16-21(20)24-12-4-5-13-24)18-10-8-17(9-11-18)14-28-19-6-2-1-3-7-19/h1-3,6-11,20-21H,4-5,12-16H2,(H,23,25). The molecular weight excluding hydrogens is 388 g/mol. The number of sulfone groups is 1. The largest absolute Gasteiger partial charge is 0.489 e. The molecule has 1 N–H and O–H groups in total. The highest BCUT2D eigenvalue weighted by molar-refractivity contribution is 7.91. The molecule has 0 radical (unpaired) electrons. The minimum Gasteiger partial charge on any atom is -0.489 e. The summed E-state index contributed by atoms with van der Waals surface area (Å²) in [6.07, 6.45) is 2.17. The summed E-state index contributed by atoms with van der Waals surface area (Å²) in [7, 11) is -3.12. The third-order valence-electron chi connectivity index (χ3n) is 5.61. The van der Waals surface area contributed by atoms with Crippen LogP contribution in [0.25, 0.3) is 0 Å². The second-order valence-electron chi connectivity index (χ2n) is 7.77. The first kappa shape index (κ1) is 19.9. The summed E-state index contributed by atoms with van der Waals surface area (Å²) < 4.78 is 30.1. The maximum Gasteiger partial charge on any atom is 0.251 e. The summed E-state index contributed by atoms with van der Waals surface area (Å²) in [6.45, 7) is 2.23. The lowest BCUT2D eigenvalue weighted by atomic mass is 10.1. The monoisotopic (exact) mass is 414 g/mol. The van der Waals surface area contributed by atoms with Gasteiger partial charge in [-0.05, 0) is 55.8 Å². The quantitative estimate of drug-likeness (QED) is 0.785. The van der Waals surface area contributed by atoms with E-state index in [0.717, 1.165) is 37.2 Å². The van der Waals surface area contributed by atoms with Crippen molar-refractivity contribution in [3.05, 3.63) is 65.7 Å². The van der Waals surface area contributed by atoms with Crippen LogP contribution in [0.3, 0.4) is 0 Å². The summed E-state index contributed by atoms with van der Waals surface area (Å²) in [5, 5.41) is 2.96. The fourth-order valence-electron chi connectivity index (χ4n) is 4.09. The van der Waals surface area contributed by atoms with Gasteiger partial charge in [-0.1, -0.05) is 30.3 Å². The Bertz CT molecular complexity index is 939. The highest BCUT2D eigenvalue weighted by atomic mass is 32.2. The number of rotatable bonds is 6. The van der Waals surface area contributed by atoms with E-state index >= 15 is 0 Å². The number of ether oxygens (including phenoxy) is 1. The van der Waals surface area contributed by atoms with Crippen LogP contribution in [0.4, 0.5) is 0 Å². The van der Waals surface area contributed by atoms with Crippen LogP contribution < -0.4 is 10.1 Å². The predicted octanol–water partition coefficient (Wildman–Crippen LogP) is 2.26. The topological polar surface area (TPSA) is 75.7 Å². The summed E-state index contributed by atoms with van der Waals surface area (Å²) in [6, 6.07) is 16.3. The molecule has 1 amide bonds. The van der Waals surface area contributed by atoms with Crippen molar-refractivity contribution in [3.63, 3.8) is 0 Å². The first-order valence-corrected chi connectivity index (χ1v) is 11.8. The van der Waals surface area contributed by atoms with Gasteiger partial charge in [0.2, 0.25) is 0 Å². The van der Waals surface area contributed by atoms with Crippen LogP contribution in [0.1, 0.15) is 28.8 Å². The Balaban J connectivity index is 1.37. The zero-order valence-corrected chi connectivity index (χ0v) is 17.1. The van der Waals surface area contributed by atoms with Crippen LogP contribution in [-0.2, 0) is 16.4 Å². The van der Waals surface area contributed by atoms with Gasteiger partial charge in [-0.25, -0.2) is 8.42 Å². The first-order chi connectivity index (χ1) is 14.0. The molecule has 29 heavy (non-hydrogen) atoms. The zero-order chi connectivity index (χ0) is 20.3. The van der Waals surface area contributed by atoms with Crippen LogP contribution in [0.5, 0.6) is 5.75 Å². The molecule has 2 aliphatic rings. The lowest BCUT2D eigenvalue weighted by Gasteiger charge is -2.28. The number of carbonyl (C=O) groups is 1. The van der Waals surface area contributed by atoms with Crippen molar-refractivity contribution in [1.82, 2.24) is 10.2 Å². The Kier molecular flexibility index (Phi) is 5.87. The number of benzene rings is 2. The molecule has 0 spiro atoms. The van der Waals surface area contributed by atoms with Crippen LogP contribution in [0, 0.1) is 0 Å². The molecule has 2 aliphatic heterocycles. The van der Waals surface area contributed by atoms with Gasteiger partial charge in [-0.2, -0.15) is 0 Å². The Morgan fingerprint density at radius 3 is 2.38 bits per heavy atom. The summed E-state index contributed by atoms with van der Waals surface area (Å²) in [5.74, 6) is 0.716. The van der Waals surface area contributed by atoms with E-state index < -0.39 is 9.84 Å². The number of likely N-dealkylation sites (tertiary alicyclic amines) is 1. The van der Waals surface area contributed by atoms with Crippen molar-refractivity contribution >= 4 is 15.7 Å². The van der Waals surface area contributed by atoms with Crippen molar-refractivity contribution in [2.45, 2.75) is 31.5 Å². The van der Waals surface area contributed by atoms with E-state index in [2.05, 4.69) is 10.2 Å². The number of hydrogen-bond donors (Lipinski definition) is 1. The van der Waals surface area contributed by atoms with Crippen LogP contribution in [0.15, 0.2) is 54.6 Å². The molecule has 2 unspecified atom stereocenters. The Morgan fingerprint density at radius 1 is 1.00 bits per heavy atom. The molecule has 2 fully saturated rings. The minimum atomic E-state index is -3.12. The van der Waals surface area contributed by atoms with Gasteiger partial charge >= 0.3 is 0 Å². The smallest absolute Gasteiger partial charge is 0.251 e. The van der Waals surface area contributed by atoms with Gasteiger partial charge in [-0.3, -0.25) is 9.69 Å². The van der Waals surface area contributed by atoms with E-state index in [1.165, 1.54) is 0 Å². The van der Waals surface area contributed by atoms with E-state index in [1.807, 2.05) is 42.5 Å². The molecular formula is C22H26N2O4S. The Hall–Kier alpha value is -2.38. The summed E-state index contributed by atoms with van der Waals surface area (Å²) >= 11 is 0. The number of carbonyl (C=O) groups excluding carboxylic acids is 1. The summed E-state index contributed by atoms with van der Waals surface area (Å²) in [4.78, 5) is 14.9. The number of amides is 1. The van der Waals surface area contributed by atoms with Crippen molar-refractivity contribution in [3.8, 4) is 5.75 Å². The fourth-order valence-corrected chi connectivity index (χ4v) is 6.04.